The van der Waals surface area contributed by atoms with Crippen LogP contribution in [0.15, 0.2) is 87.3 Å². The largest absolute Gasteiger partial charge is 0.508 e. The van der Waals surface area contributed by atoms with Gasteiger partial charge in [0, 0.05) is 67.9 Å². The summed E-state index contributed by atoms with van der Waals surface area (Å²) in [6.07, 6.45) is -2.66. The van der Waals surface area contributed by atoms with E-state index >= 15 is 0 Å². The maximum atomic E-state index is 13.1. The number of nitrogens with one attached hydrogen (secondary N) is 1. The van der Waals surface area contributed by atoms with Crippen molar-refractivity contribution in [1.82, 2.24) is 9.55 Å². The number of fused-ring (bicyclic) bond motifs is 2. The van der Waals surface area contributed by atoms with Crippen molar-refractivity contribution >= 4 is 43.4 Å². The molecule has 49 heavy (non-hydrogen) atoms. The molecular weight excluding hydrogens is 654 g/mol. The van der Waals surface area contributed by atoms with Crippen LogP contribution in [0.4, 0.5) is 10.5 Å². The molecule has 1 saturated heterocycles. The Bertz CT molecular complexity index is 2320. The van der Waals surface area contributed by atoms with Gasteiger partial charge >= 0.3 is 11.8 Å². The Morgan fingerprint density at radius 2 is 1.86 bits per heavy atom. The molecule has 3 heterocycles. The van der Waals surface area contributed by atoms with Crippen LogP contribution in [0, 0.1) is 28.9 Å². The molecule has 0 amide bonds. The van der Waals surface area contributed by atoms with Gasteiger partial charge in [-0.2, -0.15) is 0 Å². The molecule has 0 bridgehead atoms. The predicted molar refractivity (Wildman–Crippen MR) is 181 cm³/mol. The fourth-order valence-corrected chi connectivity index (χ4v) is 6.66. The summed E-state index contributed by atoms with van der Waals surface area (Å²) >= 11 is 1.51. The molecule has 5 aromatic rings. The van der Waals surface area contributed by atoms with Crippen molar-refractivity contribution in [2.75, 3.05) is 13.2 Å². The first-order valence-electron chi connectivity index (χ1n) is 15.2. The van der Waals surface area contributed by atoms with E-state index < -0.39 is 53.3 Å². The van der Waals surface area contributed by atoms with E-state index in [-0.39, 0.29) is 36.1 Å². The van der Waals surface area contributed by atoms with Crippen molar-refractivity contribution in [2.45, 2.75) is 44.1 Å². The number of aromatic amines is 1. The normalized spacial score (nSPS) is 17.7. The first-order valence-corrected chi connectivity index (χ1v) is 16.0. The fourth-order valence-electron chi connectivity index (χ4n) is 5.61. The lowest BCUT2D eigenvalue weighted by atomic mass is 9.95. The molecule has 6 rings (SSSR count). The molecule has 13 nitrogen and oxygen atoms in total. The molecule has 250 valence electrons. The maximum Gasteiger partial charge on any atom is 0.508 e. The van der Waals surface area contributed by atoms with Crippen LogP contribution in [-0.2, 0) is 14.2 Å². The zero-order chi connectivity index (χ0) is 34.7. The average molecular weight is 684 g/mol. The van der Waals surface area contributed by atoms with Gasteiger partial charge in [0.15, 0.2) is 5.43 Å². The number of nitro benzene ring substituents is 1. The van der Waals surface area contributed by atoms with E-state index in [1.54, 1.807) is 30.3 Å². The highest BCUT2D eigenvalue weighted by Gasteiger charge is 2.36. The highest BCUT2D eigenvalue weighted by atomic mass is 32.1. The number of carbonyl (C=O) groups is 1. The summed E-state index contributed by atoms with van der Waals surface area (Å²) in [5.74, 6) is 5.34. The monoisotopic (exact) mass is 683 g/mol. The van der Waals surface area contributed by atoms with Crippen LogP contribution in [-0.4, -0.2) is 51.2 Å². The molecule has 1 aliphatic heterocycles. The Labute approximate surface area is 281 Å². The summed E-state index contributed by atoms with van der Waals surface area (Å²) in [6, 6.07) is 18.8. The minimum atomic E-state index is -1.10. The van der Waals surface area contributed by atoms with E-state index in [2.05, 4.69) is 16.8 Å². The topological polar surface area (TPSA) is 180 Å². The van der Waals surface area contributed by atoms with Gasteiger partial charge in [0.1, 0.15) is 25.5 Å². The number of ether oxygens (including phenoxy) is 3. The van der Waals surface area contributed by atoms with Gasteiger partial charge in [-0.3, -0.25) is 29.3 Å². The molecule has 0 spiro atoms. The number of carbonyl (C=O) groups excluding carboxylic acids is 1. The van der Waals surface area contributed by atoms with E-state index in [0.717, 1.165) is 14.0 Å². The number of hydrogen-bond acceptors (Lipinski definition) is 11. The second-order valence-corrected chi connectivity index (χ2v) is 12.5. The summed E-state index contributed by atoms with van der Waals surface area (Å²) in [6.45, 7) is 0.814. The molecule has 14 heteroatoms. The van der Waals surface area contributed by atoms with Crippen LogP contribution in [0.1, 0.15) is 41.7 Å². The lowest BCUT2D eigenvalue weighted by Crippen LogP contribution is -2.33. The van der Waals surface area contributed by atoms with Gasteiger partial charge < -0.3 is 19.3 Å². The molecule has 1 aliphatic rings. The van der Waals surface area contributed by atoms with Crippen molar-refractivity contribution in [1.29, 1.82) is 0 Å². The molecule has 4 atom stereocenters. The maximum absolute atomic E-state index is 13.1. The van der Waals surface area contributed by atoms with Crippen molar-refractivity contribution in [3.8, 4) is 11.8 Å². The minimum Gasteiger partial charge on any atom is -0.434 e. The van der Waals surface area contributed by atoms with Crippen LogP contribution in [0.2, 0.25) is 0 Å². The van der Waals surface area contributed by atoms with Crippen molar-refractivity contribution in [3.05, 3.63) is 131 Å². The Morgan fingerprint density at radius 3 is 2.67 bits per heavy atom. The number of benzene rings is 3. The number of H-pyrrole nitrogens is 1. The molecule has 0 aliphatic carbocycles. The minimum absolute atomic E-state index is 0.0113. The zero-order valence-corrected chi connectivity index (χ0v) is 26.8. The third-order valence-corrected chi connectivity index (χ3v) is 9.31. The van der Waals surface area contributed by atoms with Crippen LogP contribution in [0.3, 0.4) is 0 Å². The SMILES string of the molecule is Cc1cn([C@H]2C[C@H](O)[C@@H](COC(=O)OCC(CC#Cc3ccc4sc5ccccc5c(=O)c4c3)c3ccccc3[N+](=O)[O-])O2)c(=O)[nH]c1=O. The number of aryl methyl sites for hydroxylation is 1. The van der Waals surface area contributed by atoms with E-state index in [0.29, 0.717) is 21.9 Å². The molecular formula is C35H29N3O10S. The molecule has 0 saturated carbocycles. The summed E-state index contributed by atoms with van der Waals surface area (Å²) in [5.41, 5.74) is -0.325. The lowest BCUT2D eigenvalue weighted by Gasteiger charge is -2.18. The molecule has 0 radical (unpaired) electrons. The number of aromatic nitrogens is 2. The Kier molecular flexibility index (Phi) is 9.68. The summed E-state index contributed by atoms with van der Waals surface area (Å²) < 4.78 is 19.1. The van der Waals surface area contributed by atoms with Gasteiger partial charge in [-0.15, -0.1) is 11.3 Å². The molecule has 2 N–H and O–H groups in total. The zero-order valence-electron chi connectivity index (χ0n) is 26.0. The number of nitro groups is 1. The third kappa shape index (κ3) is 7.29. The smallest absolute Gasteiger partial charge is 0.434 e. The number of hydrogen-bond donors (Lipinski definition) is 2. The number of para-hydroxylation sites is 1. The van der Waals surface area contributed by atoms with E-state index in [1.165, 1.54) is 36.6 Å². The van der Waals surface area contributed by atoms with Crippen molar-refractivity contribution < 1.29 is 29.0 Å². The van der Waals surface area contributed by atoms with E-state index in [1.807, 2.05) is 24.3 Å². The molecule has 2 aromatic heterocycles. The molecule has 1 fully saturated rings. The summed E-state index contributed by atoms with van der Waals surface area (Å²) in [4.78, 5) is 63.1. The quantitative estimate of drug-likeness (QED) is 0.0777. The van der Waals surface area contributed by atoms with Crippen LogP contribution >= 0.6 is 11.3 Å². The van der Waals surface area contributed by atoms with Gasteiger partial charge in [-0.25, -0.2) is 9.59 Å². The van der Waals surface area contributed by atoms with Crippen molar-refractivity contribution in [3.63, 3.8) is 0 Å². The first kappa shape index (κ1) is 33.3. The second kappa shape index (κ2) is 14.2. The van der Waals surface area contributed by atoms with Gasteiger partial charge in [0.25, 0.3) is 11.2 Å². The lowest BCUT2D eigenvalue weighted by molar-refractivity contribution is -0.385. The van der Waals surface area contributed by atoms with E-state index in [4.69, 9.17) is 14.2 Å². The Balaban J connectivity index is 1.14. The summed E-state index contributed by atoms with van der Waals surface area (Å²) in [5, 5.41) is 23.4. The predicted octanol–water partition coefficient (Wildman–Crippen LogP) is 4.51. The van der Waals surface area contributed by atoms with Crippen LogP contribution in [0.5, 0.6) is 0 Å². The van der Waals surface area contributed by atoms with Crippen LogP contribution < -0.4 is 16.7 Å². The first-order chi connectivity index (χ1) is 23.6. The Hall–Kier alpha value is -5.62. The fraction of sp³-hybridized carbons (Fsp3) is 0.257. The van der Waals surface area contributed by atoms with Gasteiger partial charge in [-0.05, 0) is 37.3 Å². The third-order valence-electron chi connectivity index (χ3n) is 8.16. The highest BCUT2D eigenvalue weighted by molar-refractivity contribution is 7.24. The molecule has 1 unspecified atom stereocenters. The second-order valence-electron chi connectivity index (χ2n) is 11.4. The number of nitrogens with zero attached hydrogens (tertiary/aromatic N) is 2. The number of rotatable bonds is 8. The Morgan fingerprint density at radius 1 is 1.10 bits per heavy atom. The summed E-state index contributed by atoms with van der Waals surface area (Å²) in [7, 11) is 0. The average Bonchev–Trinajstić information content (AvgIpc) is 3.46. The van der Waals surface area contributed by atoms with Crippen LogP contribution in [0.25, 0.3) is 20.2 Å². The van der Waals surface area contributed by atoms with Gasteiger partial charge in [0.2, 0.25) is 0 Å². The van der Waals surface area contributed by atoms with Gasteiger partial charge in [0.05, 0.1) is 11.0 Å². The highest BCUT2D eigenvalue weighted by Crippen LogP contribution is 2.31. The number of aliphatic hydroxyl groups is 1. The molecule has 3 aromatic carbocycles. The van der Waals surface area contributed by atoms with Gasteiger partial charge in [-0.1, -0.05) is 42.2 Å². The standard InChI is InChI=1S/C35H29N3O10S/c1-20-17-37(34(42)36-33(20)41)31-16-27(39)28(48-31)19-47-35(43)46-18-22(23-9-2-4-11-26(23)38(44)45)8-6-7-21-13-14-30-25(15-21)32(40)24-10-3-5-12-29(24)49-30/h2-5,9-15,17,22,27-28,31,39H,8,16,18-19H2,1H3,(H,36,41,42)/t22?,27-,28+,31+/m0/s1. The number of aliphatic hydroxyl groups excluding tert-OH is 1. The van der Waals surface area contributed by atoms with E-state index in [9.17, 15) is 34.4 Å². The van der Waals surface area contributed by atoms with Crippen molar-refractivity contribution in [2.24, 2.45) is 0 Å².